The third kappa shape index (κ3) is 5.07. The summed E-state index contributed by atoms with van der Waals surface area (Å²) in [5, 5.41) is 7.99. The minimum absolute atomic E-state index is 0.0303. The first kappa shape index (κ1) is 28.0. The molecular formula is C29H29BrN8O4. The molecule has 2 amide bonds. The molecule has 5 heterocycles. The van der Waals surface area contributed by atoms with Gasteiger partial charge in [0.05, 0.1) is 17.4 Å². The number of aromatic nitrogens is 6. The van der Waals surface area contributed by atoms with Crippen LogP contribution in [-0.4, -0.2) is 71.4 Å². The van der Waals surface area contributed by atoms with Crippen LogP contribution in [0.5, 0.6) is 0 Å². The number of amides is 2. The van der Waals surface area contributed by atoms with Crippen LogP contribution in [0.3, 0.4) is 0 Å². The first-order chi connectivity index (χ1) is 20.1. The molecule has 42 heavy (non-hydrogen) atoms. The van der Waals surface area contributed by atoms with E-state index in [1.165, 1.54) is 11.6 Å². The summed E-state index contributed by atoms with van der Waals surface area (Å²) >= 11 is 3.35. The molecule has 216 valence electrons. The fourth-order valence-corrected chi connectivity index (χ4v) is 6.01. The lowest BCUT2D eigenvalue weighted by Crippen LogP contribution is -2.47. The first-order valence-electron chi connectivity index (χ1n) is 13.5. The number of hydrogen-bond donors (Lipinski definition) is 1. The van der Waals surface area contributed by atoms with Crippen LogP contribution in [0.25, 0.3) is 22.2 Å². The van der Waals surface area contributed by atoms with Gasteiger partial charge in [0.15, 0.2) is 11.6 Å². The zero-order valence-corrected chi connectivity index (χ0v) is 25.2. The van der Waals surface area contributed by atoms with Gasteiger partial charge >= 0.3 is 0 Å². The van der Waals surface area contributed by atoms with Gasteiger partial charge in [-0.25, -0.2) is 15.0 Å². The lowest BCUT2D eigenvalue weighted by atomic mass is 10.0. The number of fused-ring (bicyclic) bond motifs is 2. The highest BCUT2D eigenvalue weighted by Crippen LogP contribution is 2.59. The minimum atomic E-state index is -0.638. The van der Waals surface area contributed by atoms with Gasteiger partial charge in [0.2, 0.25) is 11.8 Å². The number of hydrogen-bond acceptors (Lipinski definition) is 9. The number of aryl methyl sites for hydroxylation is 1. The van der Waals surface area contributed by atoms with E-state index in [2.05, 4.69) is 53.2 Å². The highest BCUT2D eigenvalue weighted by Gasteiger charge is 2.64. The van der Waals surface area contributed by atoms with Crippen LogP contribution in [0, 0.1) is 12.3 Å². The van der Waals surface area contributed by atoms with Gasteiger partial charge in [-0.1, -0.05) is 13.0 Å². The summed E-state index contributed by atoms with van der Waals surface area (Å²) in [5.74, 6) is 0.246. The normalized spacial score (nSPS) is 20.9. The number of likely N-dealkylation sites (tertiary alicyclic amines) is 1. The number of halogens is 1. The lowest BCUT2D eigenvalue weighted by Gasteiger charge is -2.27. The molecule has 4 aromatic heterocycles. The summed E-state index contributed by atoms with van der Waals surface area (Å²) < 4.78 is 7.17. The Bertz CT molecular complexity index is 1740. The van der Waals surface area contributed by atoms with Crippen molar-refractivity contribution in [3.63, 3.8) is 0 Å². The topological polar surface area (TPSA) is 145 Å². The van der Waals surface area contributed by atoms with Gasteiger partial charge in [-0.05, 0) is 58.8 Å². The van der Waals surface area contributed by atoms with Crippen molar-refractivity contribution in [1.29, 1.82) is 0 Å². The van der Waals surface area contributed by atoms with Crippen LogP contribution in [0.4, 0.5) is 5.82 Å². The van der Waals surface area contributed by atoms with Crippen molar-refractivity contribution in [2.45, 2.75) is 58.8 Å². The van der Waals surface area contributed by atoms with Crippen molar-refractivity contribution in [2.24, 2.45) is 5.41 Å². The average Bonchev–Trinajstić information content (AvgIpc) is 3.33. The Morgan fingerprint density at radius 1 is 1.14 bits per heavy atom. The van der Waals surface area contributed by atoms with Crippen molar-refractivity contribution in [3.05, 3.63) is 58.5 Å². The molecule has 1 saturated heterocycles. The lowest BCUT2D eigenvalue weighted by molar-refractivity contribution is -0.138. The molecule has 1 aliphatic heterocycles. The van der Waals surface area contributed by atoms with E-state index >= 15 is 0 Å². The Balaban J connectivity index is 1.27. The van der Waals surface area contributed by atoms with E-state index in [1.807, 2.05) is 13.0 Å². The fraction of sp³-hybridized carbons (Fsp3) is 0.379. The molecule has 0 aromatic carbocycles. The molecule has 2 fully saturated rings. The van der Waals surface area contributed by atoms with E-state index in [0.717, 1.165) is 12.0 Å². The molecular weight excluding hydrogens is 604 g/mol. The zero-order chi connectivity index (χ0) is 29.8. The second-order valence-corrected chi connectivity index (χ2v) is 12.0. The summed E-state index contributed by atoms with van der Waals surface area (Å²) in [4.78, 5) is 59.0. The minimum Gasteiger partial charge on any atom is -0.377 e. The summed E-state index contributed by atoms with van der Waals surface area (Å²) in [6.07, 6.45) is 6.29. The fourth-order valence-electron chi connectivity index (χ4n) is 5.70. The quantitative estimate of drug-likeness (QED) is 0.227. The van der Waals surface area contributed by atoms with Crippen molar-refractivity contribution >= 4 is 50.2 Å². The van der Waals surface area contributed by atoms with Crippen LogP contribution >= 0.6 is 15.9 Å². The number of nitrogens with zero attached hydrogens (tertiary/aromatic N) is 7. The number of Topliss-reactive ketones (excluding diaryl/α,β-unsaturated/α-hetero) is 1. The van der Waals surface area contributed by atoms with E-state index in [-0.39, 0.29) is 41.3 Å². The Morgan fingerprint density at radius 3 is 2.62 bits per heavy atom. The Labute approximate surface area is 250 Å². The molecule has 6 rings (SSSR count). The van der Waals surface area contributed by atoms with Gasteiger partial charge in [-0.3, -0.25) is 24.0 Å². The van der Waals surface area contributed by atoms with Crippen molar-refractivity contribution in [3.8, 4) is 11.3 Å². The summed E-state index contributed by atoms with van der Waals surface area (Å²) in [6, 6.07) is 4.76. The summed E-state index contributed by atoms with van der Waals surface area (Å²) in [7, 11) is 1.57. The van der Waals surface area contributed by atoms with Gasteiger partial charge in [-0.15, -0.1) is 0 Å². The number of carbonyl (C=O) groups is 3. The molecule has 1 saturated carbocycles. The van der Waals surface area contributed by atoms with Gasteiger partial charge in [0.1, 0.15) is 35.3 Å². The van der Waals surface area contributed by atoms with Crippen LogP contribution in [0.1, 0.15) is 48.6 Å². The number of pyridine rings is 2. The third-order valence-electron chi connectivity index (χ3n) is 8.06. The van der Waals surface area contributed by atoms with Gasteiger partial charge in [0.25, 0.3) is 0 Å². The molecule has 0 radical (unpaired) electrons. The number of carbonyl (C=O) groups excluding carboxylic acids is 3. The van der Waals surface area contributed by atoms with Crippen LogP contribution in [0.15, 0.2) is 41.4 Å². The molecule has 12 nitrogen and oxygen atoms in total. The number of methoxy groups -OCH3 is 1. The maximum atomic E-state index is 13.8. The predicted octanol–water partition coefficient (Wildman–Crippen LogP) is 3.72. The van der Waals surface area contributed by atoms with Crippen molar-refractivity contribution in [1.82, 2.24) is 34.6 Å². The van der Waals surface area contributed by atoms with Crippen LogP contribution in [0.2, 0.25) is 0 Å². The number of anilines is 1. The number of nitrogens with one attached hydrogen (secondary N) is 1. The molecule has 0 unspecified atom stereocenters. The SMILES string of the molecule is COCc1ncc(-c2cc3c(C(C)=O)nn(CC(=O)N4[C@H](C(=O)Nc5nc(Br)ccc5C)C[C@@]5(C)C[C@@H]45)c3cn2)cn1. The van der Waals surface area contributed by atoms with E-state index in [1.54, 1.807) is 42.7 Å². The second kappa shape index (κ2) is 10.6. The molecule has 0 spiro atoms. The van der Waals surface area contributed by atoms with E-state index in [9.17, 15) is 14.4 Å². The summed E-state index contributed by atoms with van der Waals surface area (Å²) in [6.45, 7) is 5.56. The van der Waals surface area contributed by atoms with Gasteiger partial charge < -0.3 is 15.0 Å². The molecule has 1 aliphatic carbocycles. The number of ether oxygens (including phenoxy) is 1. The van der Waals surface area contributed by atoms with Gasteiger partial charge in [-0.2, -0.15) is 5.10 Å². The molecule has 3 atom stereocenters. The van der Waals surface area contributed by atoms with Crippen molar-refractivity contribution in [2.75, 3.05) is 12.4 Å². The zero-order valence-electron chi connectivity index (χ0n) is 23.6. The summed E-state index contributed by atoms with van der Waals surface area (Å²) in [5.41, 5.74) is 2.74. The molecule has 13 heteroatoms. The van der Waals surface area contributed by atoms with Crippen LogP contribution in [-0.2, 0) is 27.5 Å². The Morgan fingerprint density at radius 2 is 1.90 bits per heavy atom. The highest BCUT2D eigenvalue weighted by atomic mass is 79.9. The standard InChI is InChI=1S/C29H29BrN8O4/c1-15-5-6-23(30)34-27(15)35-28(41)20-8-29(3)9-22(29)38(20)25(40)13-37-21-12-31-19(7-18(21)26(36-37)16(2)39)17-10-32-24(14-42-4)33-11-17/h5-7,10-12,20,22H,8-9,13-14H2,1-4H3,(H,34,35,41)/t20-,22+,29-/m0/s1. The third-order valence-corrected chi connectivity index (χ3v) is 8.50. The second-order valence-electron chi connectivity index (χ2n) is 11.2. The molecule has 4 aromatic rings. The number of rotatable bonds is 8. The Hall–Kier alpha value is -4.10. The van der Waals surface area contributed by atoms with E-state index < -0.39 is 6.04 Å². The largest absolute Gasteiger partial charge is 0.377 e. The number of ketones is 1. The maximum absolute atomic E-state index is 13.8. The molecule has 2 aliphatic rings. The monoisotopic (exact) mass is 632 g/mol. The smallest absolute Gasteiger partial charge is 0.248 e. The molecule has 1 N–H and O–H groups in total. The highest BCUT2D eigenvalue weighted by molar-refractivity contribution is 9.10. The van der Waals surface area contributed by atoms with E-state index in [0.29, 0.717) is 51.4 Å². The maximum Gasteiger partial charge on any atom is 0.248 e. The predicted molar refractivity (Wildman–Crippen MR) is 156 cm³/mol. The van der Waals surface area contributed by atoms with E-state index in [4.69, 9.17) is 4.74 Å². The van der Waals surface area contributed by atoms with Crippen molar-refractivity contribution < 1.29 is 19.1 Å². The average molecular weight is 634 g/mol. The number of piperidine rings is 1. The van der Waals surface area contributed by atoms with Crippen LogP contribution < -0.4 is 5.32 Å². The first-order valence-corrected chi connectivity index (χ1v) is 14.3. The molecule has 0 bridgehead atoms. The van der Waals surface area contributed by atoms with Gasteiger partial charge in [0, 0.05) is 43.4 Å². The Kier molecular flexibility index (Phi) is 7.09.